The number of benzene rings is 1. The molecular weight excluding hydrogens is 216 g/mol. The van der Waals surface area contributed by atoms with Crippen molar-refractivity contribution in [1.29, 1.82) is 0 Å². The zero-order valence-corrected chi connectivity index (χ0v) is 10.4. The number of hydrogen-bond donors (Lipinski definition) is 1. The minimum Gasteiger partial charge on any atom is -0.318 e. The molecule has 0 spiro atoms. The number of thiazole rings is 1. The zero-order chi connectivity index (χ0) is 11.5. The lowest BCUT2D eigenvalue weighted by Gasteiger charge is -2.08. The Hall–Kier alpha value is -1.19. The van der Waals surface area contributed by atoms with Crippen LogP contribution in [0.3, 0.4) is 0 Å². The number of nitrogens with zero attached hydrogens (tertiary/aromatic N) is 1. The van der Waals surface area contributed by atoms with Crippen LogP contribution >= 0.6 is 11.3 Å². The molecule has 0 aliphatic rings. The van der Waals surface area contributed by atoms with Crippen LogP contribution in [0, 0.1) is 0 Å². The second-order valence-electron chi connectivity index (χ2n) is 4.15. The summed E-state index contributed by atoms with van der Waals surface area (Å²) in [5.41, 5.74) is 8.43. The minimum absolute atomic E-state index is 0.0984. The lowest BCUT2D eigenvalue weighted by Crippen LogP contribution is -2.11. The summed E-state index contributed by atoms with van der Waals surface area (Å²) < 4.78 is 0. The largest absolute Gasteiger partial charge is 0.318 e. The molecule has 0 aliphatic carbocycles. The first-order chi connectivity index (χ1) is 7.68. The van der Waals surface area contributed by atoms with Gasteiger partial charge in [-0.3, -0.25) is 0 Å². The normalized spacial score (nSPS) is 13.0. The summed E-state index contributed by atoms with van der Waals surface area (Å²) in [6.07, 6.45) is 0. The van der Waals surface area contributed by atoms with E-state index >= 15 is 0 Å². The second-order valence-corrected chi connectivity index (χ2v) is 5.04. The van der Waals surface area contributed by atoms with E-state index in [1.165, 1.54) is 0 Å². The van der Waals surface area contributed by atoms with Crippen LogP contribution in [0.15, 0.2) is 35.7 Å². The van der Waals surface area contributed by atoms with E-state index < -0.39 is 0 Å². The van der Waals surface area contributed by atoms with E-state index in [0.717, 1.165) is 16.3 Å². The number of nitrogens with two attached hydrogens (primary N) is 1. The number of rotatable bonds is 3. The van der Waals surface area contributed by atoms with Gasteiger partial charge in [-0.1, -0.05) is 44.2 Å². The van der Waals surface area contributed by atoms with Crippen molar-refractivity contribution in [2.75, 3.05) is 0 Å². The van der Waals surface area contributed by atoms with E-state index in [1.54, 1.807) is 11.3 Å². The van der Waals surface area contributed by atoms with Crippen LogP contribution in [0.1, 0.15) is 42.1 Å². The second kappa shape index (κ2) is 4.76. The van der Waals surface area contributed by atoms with Gasteiger partial charge < -0.3 is 5.73 Å². The Morgan fingerprint density at radius 1 is 1.19 bits per heavy atom. The predicted octanol–water partition coefficient (Wildman–Crippen LogP) is 3.31. The zero-order valence-electron chi connectivity index (χ0n) is 9.55. The molecule has 16 heavy (non-hydrogen) atoms. The van der Waals surface area contributed by atoms with Gasteiger partial charge in [0.05, 0.1) is 11.7 Å². The molecule has 2 nitrogen and oxygen atoms in total. The summed E-state index contributed by atoms with van der Waals surface area (Å²) in [7, 11) is 0. The number of hydrogen-bond acceptors (Lipinski definition) is 3. The van der Waals surface area contributed by atoms with Crippen LogP contribution in [0.25, 0.3) is 0 Å². The Balaban J connectivity index is 2.24. The summed E-state index contributed by atoms with van der Waals surface area (Å²) in [5, 5.41) is 3.10. The van der Waals surface area contributed by atoms with E-state index in [0.29, 0.717) is 5.92 Å². The smallest absolute Gasteiger partial charge is 0.114 e. The predicted molar refractivity (Wildman–Crippen MR) is 68.7 cm³/mol. The van der Waals surface area contributed by atoms with Crippen molar-refractivity contribution in [3.05, 3.63) is 52.0 Å². The molecule has 1 heterocycles. The summed E-state index contributed by atoms with van der Waals surface area (Å²) in [6, 6.07) is 10.00. The molecule has 1 atom stereocenters. The maximum Gasteiger partial charge on any atom is 0.114 e. The lowest BCUT2D eigenvalue weighted by atomic mass is 10.1. The highest BCUT2D eigenvalue weighted by atomic mass is 32.1. The molecule has 1 aromatic heterocycles. The van der Waals surface area contributed by atoms with E-state index in [4.69, 9.17) is 5.73 Å². The third-order valence-electron chi connectivity index (χ3n) is 2.56. The van der Waals surface area contributed by atoms with Gasteiger partial charge in [0.2, 0.25) is 0 Å². The van der Waals surface area contributed by atoms with Crippen LogP contribution in [0.2, 0.25) is 0 Å². The van der Waals surface area contributed by atoms with Gasteiger partial charge in [0.25, 0.3) is 0 Å². The molecular formula is C13H16N2S. The van der Waals surface area contributed by atoms with E-state index in [-0.39, 0.29) is 6.04 Å². The SMILES string of the molecule is CC(C)c1csc(C(N)c2ccccc2)n1. The summed E-state index contributed by atoms with van der Waals surface area (Å²) in [6.45, 7) is 4.29. The highest BCUT2D eigenvalue weighted by Crippen LogP contribution is 2.25. The molecule has 0 bridgehead atoms. The van der Waals surface area contributed by atoms with Gasteiger partial charge in [0.15, 0.2) is 0 Å². The Kier molecular flexibility index (Phi) is 3.36. The van der Waals surface area contributed by atoms with Crippen LogP contribution in [-0.2, 0) is 0 Å². The van der Waals surface area contributed by atoms with Crippen LogP contribution in [0.4, 0.5) is 0 Å². The van der Waals surface area contributed by atoms with Gasteiger partial charge in [-0.15, -0.1) is 11.3 Å². The van der Waals surface area contributed by atoms with Gasteiger partial charge >= 0.3 is 0 Å². The monoisotopic (exact) mass is 232 g/mol. The Morgan fingerprint density at radius 3 is 2.44 bits per heavy atom. The first kappa shape index (κ1) is 11.3. The van der Waals surface area contributed by atoms with Crippen LogP contribution in [0.5, 0.6) is 0 Å². The average Bonchev–Trinajstić information content (AvgIpc) is 2.78. The van der Waals surface area contributed by atoms with Crippen molar-refractivity contribution in [2.24, 2.45) is 5.73 Å². The molecule has 0 fully saturated rings. The Morgan fingerprint density at radius 2 is 1.88 bits per heavy atom. The van der Waals surface area contributed by atoms with Crippen molar-refractivity contribution in [3.8, 4) is 0 Å². The maximum atomic E-state index is 6.18. The first-order valence-corrected chi connectivity index (χ1v) is 6.32. The fraction of sp³-hybridized carbons (Fsp3) is 0.308. The Bertz CT molecular complexity index is 448. The summed E-state index contributed by atoms with van der Waals surface area (Å²) in [5.74, 6) is 0.466. The molecule has 0 saturated carbocycles. The van der Waals surface area contributed by atoms with E-state index in [2.05, 4.69) is 24.2 Å². The van der Waals surface area contributed by atoms with Gasteiger partial charge in [-0.2, -0.15) is 0 Å². The van der Waals surface area contributed by atoms with Crippen LogP contribution < -0.4 is 5.73 Å². The highest BCUT2D eigenvalue weighted by molar-refractivity contribution is 7.09. The summed E-state index contributed by atoms with van der Waals surface area (Å²) >= 11 is 1.64. The van der Waals surface area contributed by atoms with Crippen molar-refractivity contribution >= 4 is 11.3 Å². The molecule has 3 heteroatoms. The molecule has 0 aliphatic heterocycles. The highest BCUT2D eigenvalue weighted by Gasteiger charge is 2.13. The molecule has 0 amide bonds. The molecule has 1 unspecified atom stereocenters. The maximum absolute atomic E-state index is 6.18. The van der Waals surface area contributed by atoms with E-state index in [9.17, 15) is 0 Å². The van der Waals surface area contributed by atoms with Crippen molar-refractivity contribution in [1.82, 2.24) is 4.98 Å². The topological polar surface area (TPSA) is 38.9 Å². The summed E-state index contributed by atoms with van der Waals surface area (Å²) in [4.78, 5) is 4.58. The fourth-order valence-electron chi connectivity index (χ4n) is 1.51. The third kappa shape index (κ3) is 2.31. The standard InChI is InChI=1S/C13H16N2S/c1-9(2)11-8-16-13(15-11)12(14)10-6-4-3-5-7-10/h3-9,12H,14H2,1-2H3. The van der Waals surface area contributed by atoms with Crippen molar-refractivity contribution in [3.63, 3.8) is 0 Å². The molecule has 2 N–H and O–H groups in total. The number of aromatic nitrogens is 1. The first-order valence-electron chi connectivity index (χ1n) is 5.44. The average molecular weight is 232 g/mol. The van der Waals surface area contributed by atoms with E-state index in [1.807, 2.05) is 30.3 Å². The Labute approximate surface area is 100 Å². The molecule has 2 rings (SSSR count). The quantitative estimate of drug-likeness (QED) is 0.881. The molecule has 0 radical (unpaired) electrons. The van der Waals surface area contributed by atoms with Gasteiger partial charge in [-0.05, 0) is 11.5 Å². The molecule has 2 aromatic rings. The third-order valence-corrected chi connectivity index (χ3v) is 3.50. The van der Waals surface area contributed by atoms with Gasteiger partial charge in [-0.25, -0.2) is 4.98 Å². The van der Waals surface area contributed by atoms with Gasteiger partial charge in [0, 0.05) is 5.38 Å². The minimum atomic E-state index is -0.0984. The molecule has 1 aromatic carbocycles. The van der Waals surface area contributed by atoms with Gasteiger partial charge in [0.1, 0.15) is 5.01 Å². The fourth-order valence-corrected chi connectivity index (χ4v) is 2.52. The molecule has 0 saturated heterocycles. The molecule has 84 valence electrons. The van der Waals surface area contributed by atoms with Crippen molar-refractivity contribution in [2.45, 2.75) is 25.8 Å². The lowest BCUT2D eigenvalue weighted by molar-refractivity contribution is 0.795. The van der Waals surface area contributed by atoms with Crippen molar-refractivity contribution < 1.29 is 0 Å². The van der Waals surface area contributed by atoms with Crippen LogP contribution in [-0.4, -0.2) is 4.98 Å².